The summed E-state index contributed by atoms with van der Waals surface area (Å²) >= 11 is 0. The average Bonchev–Trinajstić information content (AvgIpc) is 3.23. The number of nitrogens with one attached hydrogen (secondary N) is 1. The number of aryl methyl sites for hydroxylation is 1. The van der Waals surface area contributed by atoms with Crippen molar-refractivity contribution in [2.24, 2.45) is 7.05 Å². The lowest BCUT2D eigenvalue weighted by molar-refractivity contribution is 0.108. The fourth-order valence-electron chi connectivity index (χ4n) is 3.59. The molecule has 2 saturated heterocycles. The third-order valence-corrected chi connectivity index (χ3v) is 5.18. The first-order chi connectivity index (χ1) is 13.1. The van der Waals surface area contributed by atoms with Gasteiger partial charge in [0.1, 0.15) is 5.52 Å². The average molecular weight is 372 g/mol. The molecular formula is C18H24N6O3. The lowest BCUT2D eigenvalue weighted by Crippen LogP contribution is -2.53. The highest BCUT2D eigenvalue weighted by Gasteiger charge is 2.25. The molecule has 9 heteroatoms. The molecule has 0 aromatic carbocycles. The highest BCUT2D eigenvalue weighted by molar-refractivity contribution is 5.75. The molecule has 4 heterocycles. The standard InChI is InChI=1S/C18H24N6O3/c1-22-15-14(5-2-6-19-15)21-16(17(22)25)23-7-9-24(10-8-23)18(26)20-12-13-4-3-11-27-13/h2,5-6,13H,3-4,7-12H2,1H3,(H,20,26). The molecule has 2 amide bonds. The van der Waals surface area contributed by atoms with Crippen LogP contribution in [0.1, 0.15) is 12.8 Å². The molecule has 27 heavy (non-hydrogen) atoms. The molecule has 2 fully saturated rings. The molecule has 2 aromatic heterocycles. The Balaban J connectivity index is 1.40. The van der Waals surface area contributed by atoms with E-state index in [0.29, 0.717) is 49.7 Å². The van der Waals surface area contributed by atoms with Gasteiger partial charge in [-0.3, -0.25) is 9.36 Å². The number of hydrogen-bond donors (Lipinski definition) is 1. The first kappa shape index (κ1) is 17.7. The summed E-state index contributed by atoms with van der Waals surface area (Å²) in [7, 11) is 1.71. The summed E-state index contributed by atoms with van der Waals surface area (Å²) in [4.78, 5) is 37.5. The maximum atomic E-state index is 12.7. The van der Waals surface area contributed by atoms with Crippen LogP contribution >= 0.6 is 0 Å². The van der Waals surface area contributed by atoms with E-state index in [1.807, 2.05) is 11.0 Å². The second kappa shape index (κ2) is 7.51. The fourth-order valence-corrected chi connectivity index (χ4v) is 3.59. The summed E-state index contributed by atoms with van der Waals surface area (Å²) < 4.78 is 7.06. The van der Waals surface area contributed by atoms with Crippen LogP contribution in [0.25, 0.3) is 11.2 Å². The van der Waals surface area contributed by atoms with E-state index in [2.05, 4.69) is 15.3 Å². The summed E-state index contributed by atoms with van der Waals surface area (Å²) in [6.07, 6.45) is 3.84. The second-order valence-electron chi connectivity index (χ2n) is 6.94. The third kappa shape index (κ3) is 3.59. The minimum Gasteiger partial charge on any atom is -0.376 e. The van der Waals surface area contributed by atoms with Crippen molar-refractivity contribution in [3.8, 4) is 0 Å². The summed E-state index contributed by atoms with van der Waals surface area (Å²) in [6, 6.07) is 3.58. The number of aromatic nitrogens is 3. The number of urea groups is 1. The number of fused-ring (bicyclic) bond motifs is 1. The summed E-state index contributed by atoms with van der Waals surface area (Å²) in [5, 5.41) is 2.95. The Labute approximate surface area is 156 Å². The smallest absolute Gasteiger partial charge is 0.317 e. The monoisotopic (exact) mass is 372 g/mol. The number of hydrogen-bond acceptors (Lipinski definition) is 6. The van der Waals surface area contributed by atoms with E-state index < -0.39 is 0 Å². The van der Waals surface area contributed by atoms with Gasteiger partial charge in [0, 0.05) is 52.6 Å². The number of rotatable bonds is 3. The molecule has 0 saturated carbocycles. The zero-order chi connectivity index (χ0) is 18.8. The van der Waals surface area contributed by atoms with Gasteiger partial charge in [-0.25, -0.2) is 14.8 Å². The minimum absolute atomic E-state index is 0.0753. The van der Waals surface area contributed by atoms with Crippen molar-refractivity contribution in [2.45, 2.75) is 18.9 Å². The molecule has 1 atom stereocenters. The first-order valence-electron chi connectivity index (χ1n) is 9.34. The first-order valence-corrected chi connectivity index (χ1v) is 9.34. The molecule has 0 radical (unpaired) electrons. The van der Waals surface area contributed by atoms with Crippen molar-refractivity contribution in [2.75, 3.05) is 44.2 Å². The van der Waals surface area contributed by atoms with E-state index in [-0.39, 0.29) is 17.7 Å². The topological polar surface area (TPSA) is 92.6 Å². The second-order valence-corrected chi connectivity index (χ2v) is 6.94. The van der Waals surface area contributed by atoms with Crippen molar-refractivity contribution in [3.63, 3.8) is 0 Å². The van der Waals surface area contributed by atoms with Gasteiger partial charge >= 0.3 is 6.03 Å². The van der Waals surface area contributed by atoms with Gasteiger partial charge in [0.25, 0.3) is 5.56 Å². The van der Waals surface area contributed by atoms with E-state index in [1.54, 1.807) is 24.2 Å². The van der Waals surface area contributed by atoms with Crippen molar-refractivity contribution in [1.82, 2.24) is 24.8 Å². The lowest BCUT2D eigenvalue weighted by Gasteiger charge is -2.35. The maximum absolute atomic E-state index is 12.7. The van der Waals surface area contributed by atoms with E-state index in [4.69, 9.17) is 4.74 Å². The van der Waals surface area contributed by atoms with E-state index in [0.717, 1.165) is 19.4 Å². The van der Waals surface area contributed by atoms with Gasteiger partial charge in [-0.1, -0.05) is 0 Å². The Morgan fingerprint density at radius 3 is 2.89 bits per heavy atom. The van der Waals surface area contributed by atoms with Crippen molar-refractivity contribution < 1.29 is 9.53 Å². The van der Waals surface area contributed by atoms with Crippen LogP contribution in [0.2, 0.25) is 0 Å². The van der Waals surface area contributed by atoms with Gasteiger partial charge < -0.3 is 19.9 Å². The van der Waals surface area contributed by atoms with Crippen LogP contribution in [0.4, 0.5) is 10.6 Å². The summed E-state index contributed by atoms with van der Waals surface area (Å²) in [5.41, 5.74) is 1.09. The zero-order valence-corrected chi connectivity index (χ0v) is 15.4. The van der Waals surface area contributed by atoms with Crippen LogP contribution in [0.5, 0.6) is 0 Å². The van der Waals surface area contributed by atoms with E-state index >= 15 is 0 Å². The van der Waals surface area contributed by atoms with Crippen LogP contribution in [-0.4, -0.2) is 70.9 Å². The van der Waals surface area contributed by atoms with Gasteiger partial charge in [0.05, 0.1) is 6.10 Å². The van der Waals surface area contributed by atoms with Gasteiger partial charge in [-0.05, 0) is 25.0 Å². The Kier molecular flexibility index (Phi) is 4.93. The highest BCUT2D eigenvalue weighted by atomic mass is 16.5. The van der Waals surface area contributed by atoms with E-state index in [1.165, 1.54) is 4.57 Å². The van der Waals surface area contributed by atoms with Crippen molar-refractivity contribution in [3.05, 3.63) is 28.7 Å². The molecule has 9 nitrogen and oxygen atoms in total. The maximum Gasteiger partial charge on any atom is 0.317 e. The molecule has 144 valence electrons. The number of carbonyl (C=O) groups is 1. The van der Waals surface area contributed by atoms with Crippen molar-refractivity contribution >= 4 is 23.0 Å². The number of carbonyl (C=O) groups excluding carboxylic acids is 1. The predicted octanol–water partition coefficient (Wildman–Crippen LogP) is 0.339. The Bertz CT molecular complexity index is 884. The number of nitrogens with zero attached hydrogens (tertiary/aromatic N) is 5. The zero-order valence-electron chi connectivity index (χ0n) is 15.4. The number of ether oxygens (including phenoxy) is 1. The van der Waals surface area contributed by atoms with Gasteiger partial charge in [0.2, 0.25) is 0 Å². The highest BCUT2D eigenvalue weighted by Crippen LogP contribution is 2.14. The molecule has 0 spiro atoms. The number of amides is 2. The van der Waals surface area contributed by atoms with Gasteiger partial charge in [0.15, 0.2) is 11.5 Å². The fraction of sp³-hybridized carbons (Fsp3) is 0.556. The van der Waals surface area contributed by atoms with Crippen LogP contribution in [0.15, 0.2) is 23.1 Å². The Morgan fingerprint density at radius 1 is 1.33 bits per heavy atom. The molecule has 2 aliphatic rings. The Hall–Kier alpha value is -2.68. The number of anilines is 1. The predicted molar refractivity (Wildman–Crippen MR) is 101 cm³/mol. The lowest BCUT2D eigenvalue weighted by atomic mass is 10.2. The molecule has 4 rings (SSSR count). The molecule has 1 unspecified atom stereocenters. The molecule has 0 aliphatic carbocycles. The van der Waals surface area contributed by atoms with Crippen LogP contribution in [0.3, 0.4) is 0 Å². The van der Waals surface area contributed by atoms with Crippen LogP contribution < -0.4 is 15.8 Å². The molecular weight excluding hydrogens is 348 g/mol. The normalized spacial score (nSPS) is 20.3. The molecule has 2 aliphatic heterocycles. The summed E-state index contributed by atoms with van der Waals surface area (Å²) in [6.45, 7) is 3.57. The summed E-state index contributed by atoms with van der Waals surface area (Å²) in [5.74, 6) is 0.414. The number of pyridine rings is 1. The quantitative estimate of drug-likeness (QED) is 0.835. The van der Waals surface area contributed by atoms with Crippen LogP contribution in [0, 0.1) is 0 Å². The largest absolute Gasteiger partial charge is 0.376 e. The number of piperazine rings is 1. The molecule has 0 bridgehead atoms. The third-order valence-electron chi connectivity index (χ3n) is 5.18. The Morgan fingerprint density at radius 2 is 2.15 bits per heavy atom. The van der Waals surface area contributed by atoms with Crippen LogP contribution in [-0.2, 0) is 11.8 Å². The van der Waals surface area contributed by atoms with E-state index in [9.17, 15) is 9.59 Å². The van der Waals surface area contributed by atoms with Gasteiger partial charge in [-0.2, -0.15) is 0 Å². The SMILES string of the molecule is Cn1c(=O)c(N2CCN(C(=O)NCC3CCCO3)CC2)nc2cccnc21. The molecule has 1 N–H and O–H groups in total. The van der Waals surface area contributed by atoms with Crippen molar-refractivity contribution in [1.29, 1.82) is 0 Å². The van der Waals surface area contributed by atoms with Gasteiger partial charge in [-0.15, -0.1) is 0 Å². The molecule has 2 aromatic rings. The minimum atomic E-state index is -0.169.